The first-order valence-electron chi connectivity index (χ1n) is 10.8. The summed E-state index contributed by atoms with van der Waals surface area (Å²) in [7, 11) is -2.30. The first kappa shape index (κ1) is 26.2. The second-order valence-electron chi connectivity index (χ2n) is 7.97. The number of sulfonamides is 1. The Morgan fingerprint density at radius 3 is 2.30 bits per heavy atom. The summed E-state index contributed by atoms with van der Waals surface area (Å²) in [6, 6.07) is 14.9. The Morgan fingerprint density at radius 2 is 1.73 bits per heavy atom. The third-order valence-corrected chi connectivity index (χ3v) is 6.53. The maximum Gasteiger partial charge on any atom is 0.244 e. The monoisotopic (exact) mass is 475 g/mol. The van der Waals surface area contributed by atoms with E-state index in [1.807, 2.05) is 44.2 Å². The zero-order valence-electron chi connectivity index (χ0n) is 19.8. The van der Waals surface area contributed by atoms with Crippen molar-refractivity contribution in [1.29, 1.82) is 0 Å². The highest BCUT2D eigenvalue weighted by atomic mass is 32.2. The van der Waals surface area contributed by atoms with Gasteiger partial charge in [-0.05, 0) is 38.0 Å². The molecule has 2 aromatic carbocycles. The van der Waals surface area contributed by atoms with Gasteiger partial charge in [0.2, 0.25) is 21.8 Å². The van der Waals surface area contributed by atoms with Gasteiger partial charge in [0.1, 0.15) is 18.3 Å². The predicted molar refractivity (Wildman–Crippen MR) is 130 cm³/mol. The van der Waals surface area contributed by atoms with Gasteiger partial charge in [0, 0.05) is 18.7 Å². The summed E-state index contributed by atoms with van der Waals surface area (Å²) in [6.07, 6.45) is 1.79. The Labute approximate surface area is 196 Å². The van der Waals surface area contributed by atoms with Crippen LogP contribution in [-0.2, 0) is 26.2 Å². The largest absolute Gasteiger partial charge is 0.497 e. The van der Waals surface area contributed by atoms with Gasteiger partial charge in [-0.15, -0.1) is 0 Å². The number of nitrogens with zero attached hydrogens (tertiary/aromatic N) is 2. The molecule has 0 aliphatic rings. The summed E-state index contributed by atoms with van der Waals surface area (Å²) in [5.74, 6) is -0.309. The molecule has 2 rings (SSSR count). The van der Waals surface area contributed by atoms with Crippen molar-refractivity contribution in [1.82, 2.24) is 10.2 Å². The second kappa shape index (κ2) is 11.7. The van der Waals surface area contributed by atoms with E-state index in [4.69, 9.17) is 4.74 Å². The standard InChI is InChI=1S/C24H33N3O5S/c1-6-18(2)25-24(29)19(3)26(16-20-11-8-7-9-12-20)23(28)17-27(33(5,30)31)21-13-10-14-22(15-21)32-4/h7-15,18-19H,6,16-17H2,1-5H3,(H,25,29). The summed E-state index contributed by atoms with van der Waals surface area (Å²) in [5, 5.41) is 2.90. The van der Waals surface area contributed by atoms with Gasteiger partial charge in [-0.2, -0.15) is 0 Å². The van der Waals surface area contributed by atoms with Gasteiger partial charge in [0.25, 0.3) is 0 Å². The van der Waals surface area contributed by atoms with Crippen molar-refractivity contribution >= 4 is 27.5 Å². The molecule has 8 nitrogen and oxygen atoms in total. The lowest BCUT2D eigenvalue weighted by atomic mass is 10.1. The lowest BCUT2D eigenvalue weighted by Gasteiger charge is -2.32. The number of ether oxygens (including phenoxy) is 1. The van der Waals surface area contributed by atoms with Crippen LogP contribution in [0.2, 0.25) is 0 Å². The van der Waals surface area contributed by atoms with Gasteiger partial charge in [0.05, 0.1) is 19.1 Å². The van der Waals surface area contributed by atoms with Gasteiger partial charge in [-0.1, -0.05) is 43.3 Å². The van der Waals surface area contributed by atoms with Crippen molar-refractivity contribution in [3.63, 3.8) is 0 Å². The zero-order valence-corrected chi connectivity index (χ0v) is 20.6. The van der Waals surface area contributed by atoms with Crippen molar-refractivity contribution in [3.8, 4) is 5.75 Å². The first-order valence-corrected chi connectivity index (χ1v) is 12.7. The average Bonchev–Trinajstić information content (AvgIpc) is 2.80. The molecule has 0 heterocycles. The Kier molecular flexibility index (Phi) is 9.28. The fourth-order valence-corrected chi connectivity index (χ4v) is 4.05. The van der Waals surface area contributed by atoms with E-state index in [-0.39, 0.29) is 18.5 Å². The minimum Gasteiger partial charge on any atom is -0.497 e. The molecule has 0 saturated heterocycles. The van der Waals surface area contributed by atoms with E-state index < -0.39 is 28.5 Å². The van der Waals surface area contributed by atoms with Crippen molar-refractivity contribution in [3.05, 3.63) is 60.2 Å². The summed E-state index contributed by atoms with van der Waals surface area (Å²) < 4.78 is 31.4. The van der Waals surface area contributed by atoms with Crippen LogP contribution in [0.25, 0.3) is 0 Å². The van der Waals surface area contributed by atoms with Crippen LogP contribution in [0.4, 0.5) is 5.69 Å². The first-order chi connectivity index (χ1) is 15.6. The fourth-order valence-electron chi connectivity index (χ4n) is 3.21. The number of amides is 2. The molecule has 0 spiro atoms. The van der Waals surface area contributed by atoms with E-state index in [1.165, 1.54) is 12.0 Å². The van der Waals surface area contributed by atoms with Crippen LogP contribution in [0.1, 0.15) is 32.8 Å². The number of hydrogen-bond acceptors (Lipinski definition) is 5. The summed E-state index contributed by atoms with van der Waals surface area (Å²) >= 11 is 0. The van der Waals surface area contributed by atoms with Gasteiger partial charge in [0.15, 0.2) is 0 Å². The number of hydrogen-bond donors (Lipinski definition) is 1. The lowest BCUT2D eigenvalue weighted by Crippen LogP contribution is -2.52. The second-order valence-corrected chi connectivity index (χ2v) is 9.88. The topological polar surface area (TPSA) is 96.0 Å². The third kappa shape index (κ3) is 7.49. The molecule has 2 aromatic rings. The number of carbonyl (C=O) groups excluding carboxylic acids is 2. The molecule has 0 fully saturated rings. The van der Waals surface area contributed by atoms with Gasteiger partial charge >= 0.3 is 0 Å². The smallest absolute Gasteiger partial charge is 0.244 e. The van der Waals surface area contributed by atoms with E-state index >= 15 is 0 Å². The number of carbonyl (C=O) groups is 2. The minimum absolute atomic E-state index is 0.0436. The average molecular weight is 476 g/mol. The molecule has 0 aliphatic heterocycles. The summed E-state index contributed by atoms with van der Waals surface area (Å²) in [4.78, 5) is 27.7. The van der Waals surface area contributed by atoms with Crippen LogP contribution in [0.5, 0.6) is 5.75 Å². The SMILES string of the molecule is CCC(C)NC(=O)C(C)N(Cc1ccccc1)C(=O)CN(c1cccc(OC)c1)S(C)(=O)=O. The normalized spacial score (nSPS) is 13.0. The van der Waals surface area contributed by atoms with E-state index in [0.29, 0.717) is 11.4 Å². The number of benzene rings is 2. The molecule has 0 saturated carbocycles. The Morgan fingerprint density at radius 1 is 1.06 bits per heavy atom. The lowest BCUT2D eigenvalue weighted by molar-refractivity contribution is -0.139. The van der Waals surface area contributed by atoms with Gasteiger partial charge in [-0.25, -0.2) is 8.42 Å². The molecule has 0 radical (unpaired) electrons. The number of methoxy groups -OCH3 is 1. The highest BCUT2D eigenvalue weighted by Crippen LogP contribution is 2.23. The summed E-state index contributed by atoms with van der Waals surface area (Å²) in [6.45, 7) is 5.22. The Bertz CT molecular complexity index is 1040. The maximum absolute atomic E-state index is 13.4. The summed E-state index contributed by atoms with van der Waals surface area (Å²) in [5.41, 5.74) is 1.14. The van der Waals surface area contributed by atoms with E-state index in [1.54, 1.807) is 31.2 Å². The minimum atomic E-state index is -3.78. The quantitative estimate of drug-likeness (QED) is 0.539. The fraction of sp³-hybridized carbons (Fsp3) is 0.417. The van der Waals surface area contributed by atoms with Crippen LogP contribution >= 0.6 is 0 Å². The van der Waals surface area contributed by atoms with Crippen LogP contribution in [0, 0.1) is 0 Å². The van der Waals surface area contributed by atoms with Crippen LogP contribution in [0.3, 0.4) is 0 Å². The van der Waals surface area contributed by atoms with Gasteiger partial charge < -0.3 is 15.0 Å². The van der Waals surface area contributed by atoms with Crippen LogP contribution in [0.15, 0.2) is 54.6 Å². The molecule has 180 valence electrons. The number of rotatable bonds is 11. The molecule has 0 aliphatic carbocycles. The van der Waals surface area contributed by atoms with E-state index in [2.05, 4.69) is 5.32 Å². The Hall–Kier alpha value is -3.07. The zero-order chi connectivity index (χ0) is 24.6. The Balaban J connectivity index is 2.37. The van der Waals surface area contributed by atoms with Crippen LogP contribution < -0.4 is 14.4 Å². The van der Waals surface area contributed by atoms with Crippen molar-refractivity contribution in [2.75, 3.05) is 24.2 Å². The highest BCUT2D eigenvalue weighted by Gasteiger charge is 2.30. The van der Waals surface area contributed by atoms with E-state index in [9.17, 15) is 18.0 Å². The molecule has 1 N–H and O–H groups in total. The van der Waals surface area contributed by atoms with Crippen molar-refractivity contribution in [2.45, 2.75) is 45.8 Å². The van der Waals surface area contributed by atoms with Crippen molar-refractivity contribution < 1.29 is 22.7 Å². The predicted octanol–water partition coefficient (Wildman–Crippen LogP) is 2.79. The maximum atomic E-state index is 13.4. The molecule has 33 heavy (non-hydrogen) atoms. The molecular weight excluding hydrogens is 442 g/mol. The third-order valence-electron chi connectivity index (χ3n) is 5.38. The van der Waals surface area contributed by atoms with Gasteiger partial charge in [-0.3, -0.25) is 13.9 Å². The molecule has 2 unspecified atom stereocenters. The molecule has 0 aromatic heterocycles. The molecular formula is C24H33N3O5S. The molecule has 2 atom stereocenters. The molecule has 2 amide bonds. The highest BCUT2D eigenvalue weighted by molar-refractivity contribution is 7.92. The van der Waals surface area contributed by atoms with E-state index in [0.717, 1.165) is 22.5 Å². The number of anilines is 1. The molecule has 9 heteroatoms. The number of nitrogens with one attached hydrogen (secondary N) is 1. The molecule has 0 bridgehead atoms. The van der Waals surface area contributed by atoms with Crippen molar-refractivity contribution in [2.24, 2.45) is 0 Å². The van der Waals surface area contributed by atoms with Crippen LogP contribution in [-0.4, -0.2) is 57.1 Å².